The highest BCUT2D eigenvalue weighted by atomic mass is 16.5. The minimum absolute atomic E-state index is 0.220. The number of rotatable bonds is 6. The largest absolute Gasteiger partial charge is 0.490 e. The smallest absolute Gasteiger partial charge is 0.193 e. The molecule has 2 saturated heterocycles. The van der Waals surface area contributed by atoms with Gasteiger partial charge in [0, 0.05) is 39.4 Å². The van der Waals surface area contributed by atoms with Crippen molar-refractivity contribution in [2.75, 3.05) is 46.4 Å². The van der Waals surface area contributed by atoms with E-state index in [1.165, 1.54) is 5.56 Å². The Bertz CT molecular complexity index is 786. The number of hydrogen-bond donors (Lipinski definition) is 1. The Balaban J connectivity index is 1.29. The van der Waals surface area contributed by atoms with Crippen LogP contribution in [0.2, 0.25) is 0 Å². The van der Waals surface area contributed by atoms with E-state index >= 15 is 0 Å². The van der Waals surface area contributed by atoms with Crippen LogP contribution in [0.1, 0.15) is 5.56 Å². The van der Waals surface area contributed by atoms with Crippen LogP contribution in [0.4, 0.5) is 0 Å². The molecule has 7 heteroatoms. The summed E-state index contributed by atoms with van der Waals surface area (Å²) in [6.45, 7) is 5.73. The number of pyridine rings is 1. The quantitative estimate of drug-likeness (QED) is 0.456. The van der Waals surface area contributed by atoms with Crippen LogP contribution in [0.3, 0.4) is 0 Å². The van der Waals surface area contributed by atoms with Crippen molar-refractivity contribution in [2.24, 2.45) is 4.99 Å². The van der Waals surface area contributed by atoms with Crippen molar-refractivity contribution in [3.8, 4) is 5.75 Å². The first-order valence-corrected chi connectivity index (χ1v) is 10.2. The Labute approximate surface area is 172 Å². The lowest BCUT2D eigenvalue weighted by molar-refractivity contribution is -0.0502. The van der Waals surface area contributed by atoms with Gasteiger partial charge in [-0.25, -0.2) is 0 Å². The number of hydrogen-bond acceptors (Lipinski definition) is 5. The summed E-state index contributed by atoms with van der Waals surface area (Å²) in [7, 11) is 1.83. The van der Waals surface area contributed by atoms with Crippen molar-refractivity contribution in [3.63, 3.8) is 0 Å². The summed E-state index contributed by atoms with van der Waals surface area (Å²) in [5.41, 5.74) is 1.35. The van der Waals surface area contributed by atoms with E-state index in [0.717, 1.165) is 44.5 Å². The molecule has 1 aromatic carbocycles. The van der Waals surface area contributed by atoms with E-state index in [-0.39, 0.29) is 6.10 Å². The topological polar surface area (TPSA) is 62.2 Å². The highest BCUT2D eigenvalue weighted by molar-refractivity contribution is 5.80. The molecule has 4 rings (SSSR count). The van der Waals surface area contributed by atoms with Crippen LogP contribution >= 0.6 is 0 Å². The second-order valence-electron chi connectivity index (χ2n) is 7.35. The zero-order valence-corrected chi connectivity index (χ0v) is 16.9. The summed E-state index contributed by atoms with van der Waals surface area (Å²) < 4.78 is 11.8. The number of aliphatic imine (C=N–C) groups is 1. The van der Waals surface area contributed by atoms with Crippen molar-refractivity contribution in [3.05, 3.63) is 60.4 Å². The molecule has 2 fully saturated rings. The van der Waals surface area contributed by atoms with Gasteiger partial charge in [-0.15, -0.1) is 0 Å². The number of nitrogens with zero attached hydrogens (tertiary/aromatic N) is 4. The number of guanidine groups is 1. The summed E-state index contributed by atoms with van der Waals surface area (Å²) in [6, 6.07) is 14.8. The van der Waals surface area contributed by atoms with Crippen molar-refractivity contribution >= 4 is 5.96 Å². The summed E-state index contributed by atoms with van der Waals surface area (Å²) in [5, 5.41) is 3.41. The lowest BCUT2D eigenvalue weighted by Gasteiger charge is -2.36. The van der Waals surface area contributed by atoms with Crippen LogP contribution in [0, 0.1) is 0 Å². The van der Waals surface area contributed by atoms with Crippen LogP contribution < -0.4 is 10.1 Å². The van der Waals surface area contributed by atoms with Crippen molar-refractivity contribution < 1.29 is 9.47 Å². The van der Waals surface area contributed by atoms with E-state index < -0.39 is 0 Å². The number of likely N-dealkylation sites (tertiary alicyclic amines) is 1. The summed E-state index contributed by atoms with van der Waals surface area (Å²) in [5.74, 6) is 1.68. The maximum atomic E-state index is 6.08. The molecule has 2 aliphatic heterocycles. The maximum Gasteiger partial charge on any atom is 0.193 e. The zero-order chi connectivity index (χ0) is 19.9. The molecule has 2 unspecified atom stereocenters. The molecule has 29 heavy (non-hydrogen) atoms. The standard InChI is InChI=1S/C22H29N5O2/c1-23-22(25-10-12-28-19-8-5-9-24-14-19)27-16-20-21(17-27)29-13-11-26(20)15-18-6-3-2-4-7-18/h2-9,14,20-21H,10-13,15-17H2,1H3,(H,23,25). The molecule has 154 valence electrons. The predicted molar refractivity (Wildman–Crippen MR) is 113 cm³/mol. The van der Waals surface area contributed by atoms with E-state index in [4.69, 9.17) is 9.47 Å². The lowest BCUT2D eigenvalue weighted by Crippen LogP contribution is -2.50. The Morgan fingerprint density at radius 1 is 1.24 bits per heavy atom. The Hall–Kier alpha value is -2.64. The van der Waals surface area contributed by atoms with Gasteiger partial charge in [-0.05, 0) is 17.7 Å². The summed E-state index contributed by atoms with van der Waals surface area (Å²) >= 11 is 0. The molecule has 2 aromatic rings. The molecule has 7 nitrogen and oxygen atoms in total. The molecule has 0 bridgehead atoms. The van der Waals surface area contributed by atoms with Gasteiger partial charge in [0.2, 0.25) is 0 Å². The third kappa shape index (κ3) is 5.05. The van der Waals surface area contributed by atoms with E-state index in [2.05, 4.69) is 55.4 Å². The zero-order valence-electron chi connectivity index (χ0n) is 16.9. The molecule has 0 saturated carbocycles. The molecule has 3 heterocycles. The molecule has 0 spiro atoms. The van der Waals surface area contributed by atoms with Crippen LogP contribution in [0.15, 0.2) is 59.9 Å². The number of morpholine rings is 1. The molecule has 2 atom stereocenters. The van der Waals surface area contributed by atoms with Crippen LogP contribution in [0.5, 0.6) is 5.75 Å². The van der Waals surface area contributed by atoms with E-state index in [1.54, 1.807) is 12.4 Å². The summed E-state index contributed by atoms with van der Waals surface area (Å²) in [4.78, 5) is 13.4. The average Bonchev–Trinajstić information content (AvgIpc) is 3.20. The monoisotopic (exact) mass is 395 g/mol. The van der Waals surface area contributed by atoms with Gasteiger partial charge in [0.25, 0.3) is 0 Å². The molecule has 0 aliphatic carbocycles. The number of benzene rings is 1. The SMILES string of the molecule is CN=C(NCCOc1cccnc1)N1CC2OCCN(Cc3ccccc3)C2C1. The number of fused-ring (bicyclic) bond motifs is 1. The van der Waals surface area contributed by atoms with E-state index in [0.29, 0.717) is 19.2 Å². The van der Waals surface area contributed by atoms with Gasteiger partial charge in [-0.2, -0.15) is 0 Å². The fourth-order valence-electron chi connectivity index (χ4n) is 4.04. The van der Waals surface area contributed by atoms with Crippen LogP contribution in [-0.4, -0.2) is 79.3 Å². The van der Waals surface area contributed by atoms with Gasteiger partial charge in [-0.1, -0.05) is 30.3 Å². The lowest BCUT2D eigenvalue weighted by atomic mass is 10.1. The molecule has 0 amide bonds. The third-order valence-corrected chi connectivity index (χ3v) is 5.44. The minimum Gasteiger partial charge on any atom is -0.490 e. The highest BCUT2D eigenvalue weighted by Crippen LogP contribution is 2.24. The average molecular weight is 396 g/mol. The fraction of sp³-hybridized carbons (Fsp3) is 0.455. The van der Waals surface area contributed by atoms with Crippen LogP contribution in [0.25, 0.3) is 0 Å². The maximum absolute atomic E-state index is 6.08. The first-order valence-electron chi connectivity index (χ1n) is 10.2. The van der Waals surface area contributed by atoms with E-state index in [9.17, 15) is 0 Å². The van der Waals surface area contributed by atoms with Gasteiger partial charge >= 0.3 is 0 Å². The molecule has 1 aromatic heterocycles. The van der Waals surface area contributed by atoms with Gasteiger partial charge in [-0.3, -0.25) is 14.9 Å². The van der Waals surface area contributed by atoms with E-state index in [1.807, 2.05) is 19.2 Å². The molecular formula is C22H29N5O2. The summed E-state index contributed by atoms with van der Waals surface area (Å²) in [6.07, 6.45) is 3.68. The number of aromatic nitrogens is 1. The molecule has 1 N–H and O–H groups in total. The minimum atomic E-state index is 0.220. The highest BCUT2D eigenvalue weighted by Gasteiger charge is 2.41. The normalized spacial score (nSPS) is 22.4. The molecular weight excluding hydrogens is 366 g/mol. The van der Waals surface area contributed by atoms with Crippen molar-refractivity contribution in [2.45, 2.75) is 18.7 Å². The van der Waals surface area contributed by atoms with Crippen molar-refractivity contribution in [1.82, 2.24) is 20.1 Å². The van der Waals surface area contributed by atoms with Gasteiger partial charge < -0.3 is 19.7 Å². The Morgan fingerprint density at radius 2 is 2.14 bits per heavy atom. The number of nitrogens with one attached hydrogen (secondary N) is 1. The van der Waals surface area contributed by atoms with Crippen LogP contribution in [-0.2, 0) is 11.3 Å². The second kappa shape index (κ2) is 9.71. The second-order valence-corrected chi connectivity index (χ2v) is 7.35. The number of ether oxygens (including phenoxy) is 2. The Morgan fingerprint density at radius 3 is 2.93 bits per heavy atom. The molecule has 2 aliphatic rings. The van der Waals surface area contributed by atoms with Gasteiger partial charge in [0.15, 0.2) is 5.96 Å². The third-order valence-electron chi connectivity index (χ3n) is 5.44. The first kappa shape index (κ1) is 19.7. The van der Waals surface area contributed by atoms with Gasteiger partial charge in [0.1, 0.15) is 12.4 Å². The van der Waals surface area contributed by atoms with Gasteiger partial charge in [0.05, 0.1) is 31.5 Å². The first-order chi connectivity index (χ1) is 14.3. The fourth-order valence-corrected chi connectivity index (χ4v) is 4.04. The van der Waals surface area contributed by atoms with Crippen molar-refractivity contribution in [1.29, 1.82) is 0 Å². The predicted octanol–water partition coefficient (Wildman–Crippen LogP) is 1.62. The molecule has 0 radical (unpaired) electrons. The Kier molecular flexibility index (Phi) is 6.59.